The SMILES string of the molecule is Cc1ccc(C(N)=O)c(Oc2ccc(CCN)cc2)n1. The van der Waals surface area contributed by atoms with Gasteiger partial charge in [-0.3, -0.25) is 4.79 Å². The van der Waals surface area contributed by atoms with E-state index in [1.165, 1.54) is 0 Å². The van der Waals surface area contributed by atoms with E-state index in [4.69, 9.17) is 16.2 Å². The van der Waals surface area contributed by atoms with Crippen LogP contribution in [-0.2, 0) is 6.42 Å². The van der Waals surface area contributed by atoms with Crippen molar-refractivity contribution >= 4 is 5.91 Å². The zero-order valence-electron chi connectivity index (χ0n) is 11.3. The summed E-state index contributed by atoms with van der Waals surface area (Å²) in [6.07, 6.45) is 0.815. The van der Waals surface area contributed by atoms with E-state index >= 15 is 0 Å². The highest BCUT2D eigenvalue weighted by atomic mass is 16.5. The molecular weight excluding hydrogens is 254 g/mol. The van der Waals surface area contributed by atoms with Gasteiger partial charge in [-0.15, -0.1) is 0 Å². The van der Waals surface area contributed by atoms with Crippen molar-refractivity contribution in [3.8, 4) is 11.6 Å². The van der Waals surface area contributed by atoms with Crippen molar-refractivity contribution < 1.29 is 9.53 Å². The number of hydrogen-bond donors (Lipinski definition) is 2. The van der Waals surface area contributed by atoms with Gasteiger partial charge < -0.3 is 16.2 Å². The van der Waals surface area contributed by atoms with Crippen LogP contribution >= 0.6 is 0 Å². The third kappa shape index (κ3) is 3.33. The van der Waals surface area contributed by atoms with E-state index in [1.54, 1.807) is 12.1 Å². The first-order chi connectivity index (χ1) is 9.60. The molecular formula is C15H17N3O2. The fraction of sp³-hybridized carbons (Fsp3) is 0.200. The summed E-state index contributed by atoms with van der Waals surface area (Å²) in [5.41, 5.74) is 13.0. The maximum absolute atomic E-state index is 11.4. The van der Waals surface area contributed by atoms with E-state index in [9.17, 15) is 4.79 Å². The number of aryl methyl sites for hydroxylation is 1. The topological polar surface area (TPSA) is 91.2 Å². The Morgan fingerprint density at radius 3 is 2.50 bits per heavy atom. The van der Waals surface area contributed by atoms with Crippen LogP contribution in [0.2, 0.25) is 0 Å². The monoisotopic (exact) mass is 271 g/mol. The third-order valence-electron chi connectivity index (χ3n) is 2.84. The fourth-order valence-electron chi connectivity index (χ4n) is 1.80. The van der Waals surface area contributed by atoms with E-state index in [0.29, 0.717) is 12.3 Å². The molecule has 4 N–H and O–H groups in total. The fourth-order valence-corrected chi connectivity index (χ4v) is 1.80. The Balaban J connectivity index is 2.25. The van der Waals surface area contributed by atoms with E-state index in [0.717, 1.165) is 17.7 Å². The summed E-state index contributed by atoms with van der Waals surface area (Å²) < 4.78 is 5.64. The summed E-state index contributed by atoms with van der Waals surface area (Å²) in [6, 6.07) is 10.8. The molecule has 1 amide bonds. The van der Waals surface area contributed by atoms with Crippen molar-refractivity contribution in [1.29, 1.82) is 0 Å². The van der Waals surface area contributed by atoms with Gasteiger partial charge in [0.1, 0.15) is 11.3 Å². The number of pyridine rings is 1. The Labute approximate surface area is 117 Å². The minimum atomic E-state index is -0.563. The molecule has 1 aromatic heterocycles. The highest BCUT2D eigenvalue weighted by molar-refractivity contribution is 5.95. The summed E-state index contributed by atoms with van der Waals surface area (Å²) in [5, 5.41) is 0. The lowest BCUT2D eigenvalue weighted by Gasteiger charge is -2.09. The molecule has 5 heteroatoms. The van der Waals surface area contributed by atoms with Crippen LogP contribution in [0.25, 0.3) is 0 Å². The lowest BCUT2D eigenvalue weighted by atomic mass is 10.1. The maximum Gasteiger partial charge on any atom is 0.254 e. The number of aromatic nitrogens is 1. The van der Waals surface area contributed by atoms with Gasteiger partial charge in [-0.25, -0.2) is 4.98 Å². The predicted octanol–water partition coefficient (Wildman–Crippen LogP) is 1.78. The van der Waals surface area contributed by atoms with Gasteiger partial charge in [-0.05, 0) is 49.7 Å². The molecule has 5 nitrogen and oxygen atoms in total. The van der Waals surface area contributed by atoms with Gasteiger partial charge >= 0.3 is 0 Å². The summed E-state index contributed by atoms with van der Waals surface area (Å²) in [5.74, 6) is 0.266. The first-order valence-electron chi connectivity index (χ1n) is 6.34. The van der Waals surface area contributed by atoms with E-state index in [1.807, 2.05) is 31.2 Å². The molecule has 0 spiro atoms. The van der Waals surface area contributed by atoms with Gasteiger partial charge in [0.2, 0.25) is 5.88 Å². The average Bonchev–Trinajstić information content (AvgIpc) is 2.41. The van der Waals surface area contributed by atoms with Crippen LogP contribution in [-0.4, -0.2) is 17.4 Å². The smallest absolute Gasteiger partial charge is 0.254 e. The Morgan fingerprint density at radius 1 is 1.20 bits per heavy atom. The van der Waals surface area contributed by atoms with Gasteiger partial charge in [0, 0.05) is 5.69 Å². The van der Waals surface area contributed by atoms with Crippen LogP contribution in [0.15, 0.2) is 36.4 Å². The van der Waals surface area contributed by atoms with Crippen LogP contribution in [0.4, 0.5) is 0 Å². The molecule has 0 unspecified atom stereocenters. The third-order valence-corrected chi connectivity index (χ3v) is 2.84. The molecule has 0 aliphatic rings. The number of primary amides is 1. The zero-order chi connectivity index (χ0) is 14.5. The number of nitrogens with zero attached hydrogens (tertiary/aromatic N) is 1. The molecule has 0 saturated carbocycles. The molecule has 0 bridgehead atoms. The van der Waals surface area contributed by atoms with Crippen molar-refractivity contribution in [3.63, 3.8) is 0 Å². The molecule has 0 aliphatic heterocycles. The molecule has 1 heterocycles. The number of amides is 1. The number of ether oxygens (including phenoxy) is 1. The molecule has 0 fully saturated rings. The summed E-state index contributed by atoms with van der Waals surface area (Å²) in [6.45, 7) is 2.42. The first-order valence-corrected chi connectivity index (χ1v) is 6.34. The van der Waals surface area contributed by atoms with Crippen LogP contribution in [0.5, 0.6) is 11.6 Å². The van der Waals surface area contributed by atoms with Crippen molar-refractivity contribution in [2.75, 3.05) is 6.54 Å². The van der Waals surface area contributed by atoms with Crippen LogP contribution < -0.4 is 16.2 Å². The molecule has 0 radical (unpaired) electrons. The largest absolute Gasteiger partial charge is 0.438 e. The highest BCUT2D eigenvalue weighted by Gasteiger charge is 2.12. The first kappa shape index (κ1) is 14.0. The van der Waals surface area contributed by atoms with Crippen LogP contribution in [0.1, 0.15) is 21.6 Å². The number of carbonyl (C=O) groups excluding carboxylic acids is 1. The predicted molar refractivity (Wildman–Crippen MR) is 76.8 cm³/mol. The second-order valence-electron chi connectivity index (χ2n) is 4.45. The standard InChI is InChI=1S/C15H17N3O2/c1-10-2-7-13(14(17)19)15(18-10)20-12-5-3-11(4-6-12)8-9-16/h2-7H,8-9,16H2,1H3,(H2,17,19). The van der Waals surface area contributed by atoms with Crippen molar-refractivity contribution in [3.05, 3.63) is 53.2 Å². The zero-order valence-corrected chi connectivity index (χ0v) is 11.3. The number of hydrogen-bond acceptors (Lipinski definition) is 4. The Hall–Kier alpha value is -2.40. The van der Waals surface area contributed by atoms with Crippen molar-refractivity contribution in [1.82, 2.24) is 4.98 Å². The van der Waals surface area contributed by atoms with Crippen molar-refractivity contribution in [2.24, 2.45) is 11.5 Å². The van der Waals surface area contributed by atoms with Crippen LogP contribution in [0, 0.1) is 6.92 Å². The minimum absolute atomic E-state index is 0.226. The van der Waals surface area contributed by atoms with Crippen molar-refractivity contribution in [2.45, 2.75) is 13.3 Å². The van der Waals surface area contributed by atoms with E-state index < -0.39 is 5.91 Å². The normalized spacial score (nSPS) is 10.3. The molecule has 104 valence electrons. The van der Waals surface area contributed by atoms with E-state index in [2.05, 4.69) is 4.98 Å². The maximum atomic E-state index is 11.4. The van der Waals surface area contributed by atoms with E-state index in [-0.39, 0.29) is 11.4 Å². The lowest BCUT2D eigenvalue weighted by molar-refractivity contribution is 0.0997. The Morgan fingerprint density at radius 2 is 1.90 bits per heavy atom. The number of benzene rings is 1. The van der Waals surface area contributed by atoms with Gasteiger partial charge in [0.25, 0.3) is 5.91 Å². The quantitative estimate of drug-likeness (QED) is 0.867. The van der Waals surface area contributed by atoms with Gasteiger partial charge in [0.05, 0.1) is 0 Å². The molecule has 2 rings (SSSR count). The van der Waals surface area contributed by atoms with Crippen LogP contribution in [0.3, 0.4) is 0 Å². The summed E-state index contributed by atoms with van der Waals surface area (Å²) in [7, 11) is 0. The number of nitrogens with two attached hydrogens (primary N) is 2. The van der Waals surface area contributed by atoms with Gasteiger partial charge in [-0.2, -0.15) is 0 Å². The molecule has 20 heavy (non-hydrogen) atoms. The Bertz CT molecular complexity index is 609. The second-order valence-corrected chi connectivity index (χ2v) is 4.45. The van der Waals surface area contributed by atoms with Gasteiger partial charge in [-0.1, -0.05) is 12.1 Å². The molecule has 0 aliphatic carbocycles. The second kappa shape index (κ2) is 6.16. The summed E-state index contributed by atoms with van der Waals surface area (Å²) >= 11 is 0. The molecule has 0 atom stereocenters. The highest BCUT2D eigenvalue weighted by Crippen LogP contribution is 2.23. The summed E-state index contributed by atoms with van der Waals surface area (Å²) in [4.78, 5) is 15.6. The average molecular weight is 271 g/mol. The minimum Gasteiger partial charge on any atom is -0.438 e. The molecule has 1 aromatic carbocycles. The van der Waals surface area contributed by atoms with Gasteiger partial charge in [0.15, 0.2) is 0 Å². The lowest BCUT2D eigenvalue weighted by Crippen LogP contribution is -2.13. The Kier molecular flexibility index (Phi) is 4.32. The molecule has 2 aromatic rings. The molecule has 0 saturated heterocycles. The number of rotatable bonds is 5. The number of carbonyl (C=O) groups is 1.